The smallest absolute Gasteiger partial charge is 0.220 e. The molecule has 0 saturated heterocycles. The van der Waals surface area contributed by atoms with Crippen molar-refractivity contribution in [2.75, 3.05) is 6.61 Å². The van der Waals surface area contributed by atoms with Crippen molar-refractivity contribution in [1.82, 2.24) is 9.55 Å². The number of benzene rings is 1. The monoisotopic (exact) mass is 394 g/mol. The van der Waals surface area contributed by atoms with Crippen molar-refractivity contribution in [3.63, 3.8) is 0 Å². The predicted molar refractivity (Wildman–Crippen MR) is 98.3 cm³/mol. The summed E-state index contributed by atoms with van der Waals surface area (Å²) in [7, 11) is 0. The van der Waals surface area contributed by atoms with Crippen LogP contribution in [0.4, 0.5) is 0 Å². The van der Waals surface area contributed by atoms with Gasteiger partial charge in [-0.1, -0.05) is 46.6 Å². The summed E-state index contributed by atoms with van der Waals surface area (Å²) in [5, 5.41) is 1.41. The number of hydrogen-bond donors (Lipinski definition) is 0. The second kappa shape index (κ2) is 8.41. The molecule has 2 aromatic rings. The van der Waals surface area contributed by atoms with E-state index in [2.05, 4.69) is 4.98 Å². The number of halogens is 3. The first-order valence-electron chi connectivity index (χ1n) is 6.44. The third kappa shape index (κ3) is 4.77. The van der Waals surface area contributed by atoms with Gasteiger partial charge in [0.05, 0.1) is 18.2 Å². The summed E-state index contributed by atoms with van der Waals surface area (Å²) < 4.78 is 7.77. The molecule has 0 saturated carbocycles. The van der Waals surface area contributed by atoms with Gasteiger partial charge in [-0.15, -0.1) is 0 Å². The molecule has 0 aliphatic rings. The van der Waals surface area contributed by atoms with Crippen molar-refractivity contribution in [3.05, 3.63) is 51.5 Å². The molecular weight excluding hydrogens is 383 g/mol. The number of aromatic nitrogens is 2. The van der Waals surface area contributed by atoms with Gasteiger partial charge in [-0.3, -0.25) is 0 Å². The van der Waals surface area contributed by atoms with Crippen LogP contribution in [0.2, 0.25) is 15.1 Å². The number of rotatable bonds is 5. The third-order valence-corrected chi connectivity index (χ3v) is 5.03. The molecule has 22 heavy (non-hydrogen) atoms. The molecule has 1 atom stereocenters. The Bertz CT molecular complexity index is 627. The molecular formula is C14H13Cl3N2OS2. The van der Waals surface area contributed by atoms with Gasteiger partial charge >= 0.3 is 0 Å². The van der Waals surface area contributed by atoms with Crippen LogP contribution in [0.3, 0.4) is 0 Å². The van der Waals surface area contributed by atoms with Crippen molar-refractivity contribution in [2.45, 2.75) is 18.7 Å². The molecule has 1 aromatic carbocycles. The minimum absolute atomic E-state index is 0.106. The predicted octanol–water partition coefficient (Wildman–Crippen LogP) is 5.64. The second-order valence-corrected chi connectivity index (χ2v) is 7.39. The van der Waals surface area contributed by atoms with Crippen LogP contribution >= 0.6 is 58.8 Å². The Morgan fingerprint density at radius 3 is 2.59 bits per heavy atom. The van der Waals surface area contributed by atoms with Gasteiger partial charge in [-0.25, -0.2) is 4.98 Å². The van der Waals surface area contributed by atoms with E-state index in [4.69, 9.17) is 51.8 Å². The standard InChI is InChI=1S/C14H13Cl3N2OS2/c1-2-20-14(21)22-12(7-19-4-3-18-8-19)13-10(16)5-9(15)6-11(13)17/h3-6,8,12H,2,7H2,1H3. The quantitative estimate of drug-likeness (QED) is 0.612. The van der Waals surface area contributed by atoms with Crippen LogP contribution in [0.1, 0.15) is 17.7 Å². The van der Waals surface area contributed by atoms with E-state index in [1.54, 1.807) is 24.7 Å². The van der Waals surface area contributed by atoms with Crippen molar-refractivity contribution < 1.29 is 4.74 Å². The maximum absolute atomic E-state index is 6.34. The van der Waals surface area contributed by atoms with Crippen molar-refractivity contribution in [1.29, 1.82) is 0 Å². The molecule has 0 aliphatic carbocycles. The van der Waals surface area contributed by atoms with Crippen LogP contribution in [0.5, 0.6) is 0 Å². The summed E-state index contributed by atoms with van der Waals surface area (Å²) in [4.78, 5) is 4.05. The van der Waals surface area contributed by atoms with E-state index in [0.717, 1.165) is 5.56 Å². The van der Waals surface area contributed by atoms with Gasteiger partial charge in [0.25, 0.3) is 0 Å². The Hall–Kier alpha value is -0.460. The highest BCUT2D eigenvalue weighted by Crippen LogP contribution is 2.41. The van der Waals surface area contributed by atoms with Gasteiger partial charge in [-0.05, 0) is 31.3 Å². The summed E-state index contributed by atoms with van der Waals surface area (Å²) in [6, 6.07) is 3.35. The Labute approximate surface area is 153 Å². The Balaban J connectivity index is 2.33. The SMILES string of the molecule is CCOC(=S)SC(Cn1ccnc1)c1c(Cl)cc(Cl)cc1Cl. The first kappa shape index (κ1) is 17.9. The highest BCUT2D eigenvalue weighted by atomic mass is 35.5. The van der Waals surface area contributed by atoms with E-state index in [-0.39, 0.29) is 5.25 Å². The second-order valence-electron chi connectivity index (χ2n) is 4.33. The van der Waals surface area contributed by atoms with Crippen LogP contribution in [0, 0.1) is 0 Å². The summed E-state index contributed by atoms with van der Waals surface area (Å²) in [5.74, 6) is 0. The fraction of sp³-hybridized carbons (Fsp3) is 0.286. The number of hydrogen-bond acceptors (Lipinski definition) is 4. The molecule has 1 heterocycles. The van der Waals surface area contributed by atoms with E-state index in [1.165, 1.54) is 11.8 Å². The van der Waals surface area contributed by atoms with Crippen molar-refractivity contribution in [2.24, 2.45) is 0 Å². The molecule has 8 heteroatoms. The maximum Gasteiger partial charge on any atom is 0.220 e. The lowest BCUT2D eigenvalue weighted by atomic mass is 10.1. The van der Waals surface area contributed by atoms with E-state index in [9.17, 15) is 0 Å². The normalized spacial score (nSPS) is 12.2. The van der Waals surface area contributed by atoms with Gasteiger partial charge in [-0.2, -0.15) is 0 Å². The van der Waals surface area contributed by atoms with Gasteiger partial charge in [0.15, 0.2) is 0 Å². The fourth-order valence-corrected chi connectivity index (χ4v) is 4.62. The van der Waals surface area contributed by atoms with Gasteiger partial charge in [0.2, 0.25) is 4.38 Å². The molecule has 1 aromatic heterocycles. The largest absolute Gasteiger partial charge is 0.479 e. The zero-order valence-corrected chi connectivity index (χ0v) is 15.5. The third-order valence-electron chi connectivity index (χ3n) is 2.80. The van der Waals surface area contributed by atoms with Crippen LogP contribution in [0.25, 0.3) is 0 Å². The van der Waals surface area contributed by atoms with E-state index in [1.807, 2.05) is 17.7 Å². The lowest BCUT2D eigenvalue weighted by molar-refractivity contribution is 0.346. The molecule has 2 rings (SSSR count). The fourth-order valence-electron chi connectivity index (χ4n) is 1.90. The molecule has 0 amide bonds. The number of thioether (sulfide) groups is 1. The first-order chi connectivity index (χ1) is 10.5. The number of thiocarbonyl (C=S) groups is 1. The molecule has 0 N–H and O–H groups in total. The minimum atomic E-state index is -0.106. The van der Waals surface area contributed by atoms with Crippen molar-refractivity contribution >= 4 is 63.2 Å². The Morgan fingerprint density at radius 1 is 1.36 bits per heavy atom. The van der Waals surface area contributed by atoms with Crippen LogP contribution in [-0.4, -0.2) is 20.5 Å². The zero-order valence-electron chi connectivity index (χ0n) is 11.6. The topological polar surface area (TPSA) is 27.1 Å². The zero-order chi connectivity index (χ0) is 16.1. The Kier molecular flexibility index (Phi) is 6.84. The number of imidazole rings is 1. The highest BCUT2D eigenvalue weighted by Gasteiger charge is 2.22. The van der Waals surface area contributed by atoms with Crippen molar-refractivity contribution in [3.8, 4) is 0 Å². The van der Waals surface area contributed by atoms with E-state index < -0.39 is 0 Å². The Morgan fingerprint density at radius 2 is 2.05 bits per heavy atom. The molecule has 118 valence electrons. The molecule has 1 unspecified atom stereocenters. The lowest BCUT2D eigenvalue weighted by Crippen LogP contribution is -2.10. The maximum atomic E-state index is 6.34. The molecule has 0 bridgehead atoms. The number of nitrogens with zero attached hydrogens (tertiary/aromatic N) is 2. The lowest BCUT2D eigenvalue weighted by Gasteiger charge is -2.20. The minimum Gasteiger partial charge on any atom is -0.479 e. The summed E-state index contributed by atoms with van der Waals surface area (Å²) in [6.07, 6.45) is 5.32. The first-order valence-corrected chi connectivity index (χ1v) is 8.87. The molecule has 3 nitrogen and oxygen atoms in total. The summed E-state index contributed by atoms with van der Waals surface area (Å²) in [6.45, 7) is 3.02. The van der Waals surface area contributed by atoms with E-state index >= 15 is 0 Å². The van der Waals surface area contributed by atoms with Gasteiger partial charge in [0.1, 0.15) is 0 Å². The average Bonchev–Trinajstić information content (AvgIpc) is 2.90. The van der Waals surface area contributed by atoms with Gasteiger partial charge in [0, 0.05) is 39.6 Å². The summed E-state index contributed by atoms with van der Waals surface area (Å²) >= 11 is 25.3. The highest BCUT2D eigenvalue weighted by molar-refractivity contribution is 8.22. The summed E-state index contributed by atoms with van der Waals surface area (Å²) in [5.41, 5.74) is 0.786. The molecule has 0 spiro atoms. The van der Waals surface area contributed by atoms with Crippen LogP contribution < -0.4 is 0 Å². The van der Waals surface area contributed by atoms with Crippen LogP contribution in [-0.2, 0) is 11.3 Å². The molecule has 0 radical (unpaired) electrons. The van der Waals surface area contributed by atoms with Crippen LogP contribution in [0.15, 0.2) is 30.9 Å². The van der Waals surface area contributed by atoms with E-state index in [0.29, 0.717) is 32.6 Å². The molecule has 0 fully saturated rings. The van der Waals surface area contributed by atoms with Gasteiger partial charge < -0.3 is 9.30 Å². The molecule has 0 aliphatic heterocycles. The average molecular weight is 396 g/mol. The number of ether oxygens (including phenoxy) is 1.